The largest absolute Gasteiger partial charge is 0.376 e. The highest BCUT2D eigenvalue weighted by molar-refractivity contribution is 7.17. The normalized spacial score (nSPS) is 19.3. The third-order valence-corrected chi connectivity index (χ3v) is 7.78. The molecule has 0 bridgehead atoms. The highest BCUT2D eigenvalue weighted by Crippen LogP contribution is 2.28. The maximum atomic E-state index is 13.5. The molecule has 1 aromatic carbocycles. The summed E-state index contributed by atoms with van der Waals surface area (Å²) in [4.78, 5) is 28.0. The van der Waals surface area contributed by atoms with Crippen molar-refractivity contribution in [3.05, 3.63) is 58.1 Å². The van der Waals surface area contributed by atoms with Crippen molar-refractivity contribution in [2.24, 2.45) is 5.92 Å². The van der Waals surface area contributed by atoms with Crippen molar-refractivity contribution < 1.29 is 14.3 Å². The van der Waals surface area contributed by atoms with Gasteiger partial charge in [-0.15, -0.1) is 11.3 Å². The molecule has 1 N–H and O–H groups in total. The molecule has 33 heavy (non-hydrogen) atoms. The molecule has 2 fully saturated rings. The van der Waals surface area contributed by atoms with Gasteiger partial charge in [-0.3, -0.25) is 9.59 Å². The Hall–Kier alpha value is -2.35. The highest BCUT2D eigenvalue weighted by Gasteiger charge is 2.30. The van der Waals surface area contributed by atoms with Crippen LogP contribution in [-0.2, 0) is 16.1 Å². The van der Waals surface area contributed by atoms with Gasteiger partial charge in [-0.1, -0.05) is 23.7 Å². The summed E-state index contributed by atoms with van der Waals surface area (Å²) in [5, 5.41) is 5.80. The van der Waals surface area contributed by atoms with Crippen LogP contribution >= 0.6 is 22.9 Å². The predicted octanol–water partition coefficient (Wildman–Crippen LogP) is 4.55. The number of halogens is 1. The summed E-state index contributed by atoms with van der Waals surface area (Å²) >= 11 is 7.68. The average Bonchev–Trinajstić information content (AvgIpc) is 3.58. The fraction of sp³-hybridized carbons (Fsp3) is 0.440. The molecule has 0 aliphatic carbocycles. The smallest absolute Gasteiger partial charge is 0.270 e. The third kappa shape index (κ3) is 4.95. The second-order valence-electron chi connectivity index (χ2n) is 8.86. The molecule has 2 aromatic heterocycles. The Morgan fingerprint density at radius 2 is 1.91 bits per heavy atom. The third-order valence-electron chi connectivity index (χ3n) is 6.68. The van der Waals surface area contributed by atoms with Crippen LogP contribution in [0.25, 0.3) is 10.2 Å². The molecule has 174 valence electrons. The van der Waals surface area contributed by atoms with E-state index in [4.69, 9.17) is 16.3 Å². The first kappa shape index (κ1) is 22.4. The molecule has 3 aromatic rings. The van der Waals surface area contributed by atoms with E-state index in [1.807, 2.05) is 35.2 Å². The Labute approximate surface area is 202 Å². The Morgan fingerprint density at radius 1 is 1.12 bits per heavy atom. The minimum absolute atomic E-state index is 0.0329. The van der Waals surface area contributed by atoms with E-state index in [0.717, 1.165) is 35.2 Å². The van der Waals surface area contributed by atoms with Gasteiger partial charge in [0.05, 0.1) is 16.3 Å². The number of hydrogen-bond donors (Lipinski definition) is 1. The molecule has 4 heterocycles. The van der Waals surface area contributed by atoms with E-state index in [1.54, 1.807) is 11.3 Å². The monoisotopic (exact) mass is 485 g/mol. The Kier molecular flexibility index (Phi) is 6.71. The zero-order valence-electron chi connectivity index (χ0n) is 18.5. The van der Waals surface area contributed by atoms with Crippen LogP contribution in [0.1, 0.15) is 41.7 Å². The number of hydrogen-bond acceptors (Lipinski definition) is 4. The zero-order valence-corrected chi connectivity index (χ0v) is 20.0. The average molecular weight is 486 g/mol. The number of benzene rings is 1. The number of aromatic nitrogens is 1. The summed E-state index contributed by atoms with van der Waals surface area (Å²) in [5.41, 5.74) is 2.87. The molecular formula is C25H28ClN3O3S. The number of nitrogens with zero attached hydrogens (tertiary/aromatic N) is 2. The van der Waals surface area contributed by atoms with Crippen molar-refractivity contribution in [1.29, 1.82) is 0 Å². The Balaban J connectivity index is 1.24. The van der Waals surface area contributed by atoms with Gasteiger partial charge in [0.2, 0.25) is 5.91 Å². The van der Waals surface area contributed by atoms with Crippen molar-refractivity contribution in [2.45, 2.75) is 38.3 Å². The molecule has 1 unspecified atom stereocenters. The van der Waals surface area contributed by atoms with Gasteiger partial charge in [0.1, 0.15) is 5.69 Å². The van der Waals surface area contributed by atoms with Crippen LogP contribution in [0, 0.1) is 5.92 Å². The fourth-order valence-electron chi connectivity index (χ4n) is 4.77. The predicted molar refractivity (Wildman–Crippen MR) is 131 cm³/mol. The lowest BCUT2D eigenvalue weighted by atomic mass is 9.95. The lowest BCUT2D eigenvalue weighted by molar-refractivity contribution is -0.126. The molecule has 2 saturated heterocycles. The number of nitrogens with one attached hydrogen (secondary N) is 1. The number of carbonyl (C=O) groups is 2. The van der Waals surface area contributed by atoms with Crippen LogP contribution in [0.2, 0.25) is 5.02 Å². The topological polar surface area (TPSA) is 63.6 Å². The van der Waals surface area contributed by atoms with Gasteiger partial charge in [0.15, 0.2) is 0 Å². The standard InChI is InChI=1S/C25H28ClN3O3S/c26-19-5-3-17(4-6-19)16-29-21-9-13-33-23(21)14-22(29)25(31)28-10-7-18(8-11-28)24(30)27-15-20-2-1-12-32-20/h3-6,9,13-14,18,20H,1-2,7-8,10-12,15-16H2,(H,27,30). The second-order valence-corrected chi connectivity index (χ2v) is 10.2. The Morgan fingerprint density at radius 3 is 2.64 bits per heavy atom. The lowest BCUT2D eigenvalue weighted by Gasteiger charge is -2.31. The molecule has 6 nitrogen and oxygen atoms in total. The van der Waals surface area contributed by atoms with E-state index in [-0.39, 0.29) is 23.8 Å². The molecule has 1 atom stereocenters. The second kappa shape index (κ2) is 9.87. The summed E-state index contributed by atoms with van der Waals surface area (Å²) in [6.45, 7) is 3.18. The number of carbonyl (C=O) groups excluding carboxylic acids is 2. The van der Waals surface area contributed by atoms with Gasteiger partial charge < -0.3 is 19.5 Å². The van der Waals surface area contributed by atoms with Crippen LogP contribution in [-0.4, -0.2) is 53.6 Å². The zero-order chi connectivity index (χ0) is 22.8. The van der Waals surface area contributed by atoms with Gasteiger partial charge >= 0.3 is 0 Å². The summed E-state index contributed by atoms with van der Waals surface area (Å²) in [6, 6.07) is 11.8. The van der Waals surface area contributed by atoms with E-state index in [2.05, 4.69) is 21.3 Å². The molecule has 5 rings (SSSR count). The van der Waals surface area contributed by atoms with Crippen molar-refractivity contribution >= 4 is 45.0 Å². The Bertz CT molecular complexity index is 1130. The molecule has 8 heteroatoms. The van der Waals surface area contributed by atoms with E-state index in [1.165, 1.54) is 0 Å². The first-order valence-corrected chi connectivity index (χ1v) is 12.8. The number of rotatable bonds is 6. The lowest BCUT2D eigenvalue weighted by Crippen LogP contribution is -2.44. The van der Waals surface area contributed by atoms with Crippen LogP contribution in [0.15, 0.2) is 41.8 Å². The van der Waals surface area contributed by atoms with E-state index >= 15 is 0 Å². The number of fused-ring (bicyclic) bond motifs is 1. The minimum Gasteiger partial charge on any atom is -0.376 e. The van der Waals surface area contributed by atoms with Gasteiger partial charge in [0, 0.05) is 43.7 Å². The van der Waals surface area contributed by atoms with Crippen molar-refractivity contribution in [3.63, 3.8) is 0 Å². The molecule has 2 aliphatic heterocycles. The van der Waals surface area contributed by atoms with Crippen LogP contribution < -0.4 is 5.32 Å². The van der Waals surface area contributed by atoms with E-state index in [0.29, 0.717) is 49.7 Å². The van der Waals surface area contributed by atoms with Gasteiger partial charge in [0.25, 0.3) is 5.91 Å². The number of piperidine rings is 1. The summed E-state index contributed by atoms with van der Waals surface area (Å²) in [7, 11) is 0. The van der Waals surface area contributed by atoms with Crippen LogP contribution in [0.4, 0.5) is 0 Å². The molecule has 0 saturated carbocycles. The number of thiophene rings is 1. The van der Waals surface area contributed by atoms with Gasteiger partial charge in [-0.05, 0) is 60.9 Å². The number of amides is 2. The minimum atomic E-state index is -0.0419. The first-order valence-electron chi connectivity index (χ1n) is 11.6. The maximum Gasteiger partial charge on any atom is 0.270 e. The van der Waals surface area contributed by atoms with E-state index in [9.17, 15) is 9.59 Å². The van der Waals surface area contributed by atoms with Crippen molar-refractivity contribution in [1.82, 2.24) is 14.8 Å². The SMILES string of the molecule is O=C(NCC1CCCO1)C1CCN(C(=O)c2cc3sccc3n2Cc2ccc(Cl)cc2)CC1. The molecule has 0 radical (unpaired) electrons. The maximum absolute atomic E-state index is 13.5. The van der Waals surface area contributed by atoms with Crippen LogP contribution in [0.3, 0.4) is 0 Å². The molecule has 2 amide bonds. The number of likely N-dealkylation sites (tertiary alicyclic amines) is 1. The van der Waals surface area contributed by atoms with Crippen molar-refractivity contribution in [3.8, 4) is 0 Å². The highest BCUT2D eigenvalue weighted by atomic mass is 35.5. The van der Waals surface area contributed by atoms with Gasteiger partial charge in [-0.2, -0.15) is 0 Å². The quantitative estimate of drug-likeness (QED) is 0.557. The fourth-order valence-corrected chi connectivity index (χ4v) is 5.72. The van der Waals surface area contributed by atoms with Crippen LogP contribution in [0.5, 0.6) is 0 Å². The number of ether oxygens (including phenoxy) is 1. The first-order chi connectivity index (χ1) is 16.1. The summed E-state index contributed by atoms with van der Waals surface area (Å²) in [5.74, 6) is 0.0783. The van der Waals surface area contributed by atoms with E-state index < -0.39 is 0 Å². The van der Waals surface area contributed by atoms with Crippen molar-refractivity contribution in [2.75, 3.05) is 26.2 Å². The molecule has 2 aliphatic rings. The summed E-state index contributed by atoms with van der Waals surface area (Å²) in [6.07, 6.45) is 3.61. The molecular weight excluding hydrogens is 458 g/mol. The summed E-state index contributed by atoms with van der Waals surface area (Å²) < 4.78 is 8.79. The van der Waals surface area contributed by atoms with Gasteiger partial charge in [-0.25, -0.2) is 0 Å². The molecule has 0 spiro atoms.